The first-order valence-electron chi connectivity index (χ1n) is 6.39. The fourth-order valence-corrected chi connectivity index (χ4v) is 3.61. The van der Waals surface area contributed by atoms with Gasteiger partial charge in [-0.2, -0.15) is 0 Å². The Labute approximate surface area is 126 Å². The van der Waals surface area contributed by atoms with E-state index in [1.165, 1.54) is 7.11 Å². The number of aryl methyl sites for hydroxylation is 1. The van der Waals surface area contributed by atoms with E-state index in [0.29, 0.717) is 0 Å². The van der Waals surface area contributed by atoms with Gasteiger partial charge in [0, 0.05) is 18.8 Å². The number of ether oxygens (including phenoxy) is 1. The van der Waals surface area contributed by atoms with Crippen LogP contribution in [-0.4, -0.2) is 27.9 Å². The molecule has 1 aliphatic rings. The lowest BCUT2D eigenvalue weighted by Gasteiger charge is -2.26. The number of nitrogens with two attached hydrogens (primary N) is 1. The Kier molecular flexibility index (Phi) is 6.26. The molecule has 0 amide bonds. The zero-order chi connectivity index (χ0) is 13.9. The van der Waals surface area contributed by atoms with Crippen molar-refractivity contribution < 1.29 is 13.2 Å². The van der Waals surface area contributed by atoms with E-state index < -0.39 is 10.0 Å². The van der Waals surface area contributed by atoms with Crippen molar-refractivity contribution in [3.05, 3.63) is 29.3 Å². The summed E-state index contributed by atoms with van der Waals surface area (Å²) in [4.78, 5) is 0. The molecule has 0 heterocycles. The van der Waals surface area contributed by atoms with Crippen LogP contribution in [0, 0.1) is 0 Å². The summed E-state index contributed by atoms with van der Waals surface area (Å²) >= 11 is 0. The predicted octanol–water partition coefficient (Wildman–Crippen LogP) is 1.63. The summed E-state index contributed by atoms with van der Waals surface area (Å²) in [6.45, 7) is 0.205. The third-order valence-electron chi connectivity index (χ3n) is 3.36. The van der Waals surface area contributed by atoms with Crippen molar-refractivity contribution in [3.63, 3.8) is 0 Å². The van der Waals surface area contributed by atoms with Crippen LogP contribution in [0.1, 0.15) is 30.0 Å². The Balaban J connectivity index is 0.00000200. The van der Waals surface area contributed by atoms with Crippen molar-refractivity contribution in [2.24, 2.45) is 0 Å². The predicted molar refractivity (Wildman–Crippen MR) is 82.6 cm³/mol. The van der Waals surface area contributed by atoms with Crippen molar-refractivity contribution in [2.75, 3.05) is 25.2 Å². The lowest BCUT2D eigenvalue weighted by Crippen LogP contribution is -2.33. The summed E-state index contributed by atoms with van der Waals surface area (Å²) in [5, 5.41) is 0. The van der Waals surface area contributed by atoms with Gasteiger partial charge in [0.2, 0.25) is 10.0 Å². The number of hydrogen-bond acceptors (Lipinski definition) is 4. The highest BCUT2D eigenvalue weighted by Gasteiger charge is 2.24. The van der Waals surface area contributed by atoms with Crippen LogP contribution in [-0.2, 0) is 21.2 Å². The molecule has 1 atom stereocenters. The average molecular weight is 321 g/mol. The van der Waals surface area contributed by atoms with Crippen molar-refractivity contribution in [1.82, 2.24) is 4.72 Å². The van der Waals surface area contributed by atoms with Gasteiger partial charge >= 0.3 is 0 Å². The number of hydrogen-bond donors (Lipinski definition) is 2. The summed E-state index contributed by atoms with van der Waals surface area (Å²) in [6.07, 6.45) is 2.74. The number of methoxy groups -OCH3 is 1. The van der Waals surface area contributed by atoms with Gasteiger partial charge in [-0.25, -0.2) is 13.1 Å². The highest BCUT2D eigenvalue weighted by atomic mass is 35.5. The summed E-state index contributed by atoms with van der Waals surface area (Å²) in [5.74, 6) is -0.00962. The maximum Gasteiger partial charge on any atom is 0.214 e. The number of rotatable bonds is 5. The molecule has 5 nitrogen and oxygen atoms in total. The van der Waals surface area contributed by atoms with Crippen LogP contribution in [0.3, 0.4) is 0 Å². The monoisotopic (exact) mass is 320 g/mol. The molecule has 0 aliphatic heterocycles. The summed E-state index contributed by atoms with van der Waals surface area (Å²) in [6, 6.07) is 5.53. The third-order valence-corrected chi connectivity index (χ3v) is 4.71. The Morgan fingerprint density at radius 3 is 2.90 bits per heavy atom. The lowest BCUT2D eigenvalue weighted by molar-refractivity contribution is 0.216. The minimum Gasteiger partial charge on any atom is -0.399 e. The number of fused-ring (bicyclic) bond motifs is 1. The molecule has 0 saturated carbocycles. The smallest absolute Gasteiger partial charge is 0.214 e. The second kappa shape index (κ2) is 7.26. The van der Waals surface area contributed by atoms with E-state index >= 15 is 0 Å². The molecule has 0 aromatic heterocycles. The molecule has 20 heavy (non-hydrogen) atoms. The highest BCUT2D eigenvalue weighted by Crippen LogP contribution is 2.31. The van der Waals surface area contributed by atoms with E-state index in [-0.39, 0.29) is 30.8 Å². The topological polar surface area (TPSA) is 81.4 Å². The quantitative estimate of drug-likeness (QED) is 0.808. The largest absolute Gasteiger partial charge is 0.399 e. The molecule has 1 aromatic carbocycles. The van der Waals surface area contributed by atoms with Crippen LogP contribution in [0.5, 0.6) is 0 Å². The molecule has 0 bridgehead atoms. The van der Waals surface area contributed by atoms with E-state index in [9.17, 15) is 8.42 Å². The number of nitrogens with one attached hydrogen (secondary N) is 1. The van der Waals surface area contributed by atoms with Crippen molar-refractivity contribution >= 4 is 28.1 Å². The van der Waals surface area contributed by atoms with Crippen LogP contribution in [0.15, 0.2) is 18.2 Å². The second-order valence-corrected chi connectivity index (χ2v) is 6.71. The molecule has 114 valence electrons. The lowest BCUT2D eigenvalue weighted by atomic mass is 9.88. The molecular weight excluding hydrogens is 300 g/mol. The summed E-state index contributed by atoms with van der Waals surface area (Å²) < 4.78 is 31.4. The van der Waals surface area contributed by atoms with Crippen molar-refractivity contribution in [1.29, 1.82) is 0 Å². The van der Waals surface area contributed by atoms with E-state index in [2.05, 4.69) is 4.72 Å². The molecule has 7 heteroatoms. The molecule has 0 saturated heterocycles. The first kappa shape index (κ1) is 17.2. The van der Waals surface area contributed by atoms with Crippen LogP contribution in [0.2, 0.25) is 0 Å². The van der Waals surface area contributed by atoms with Gasteiger partial charge in [0.1, 0.15) is 0 Å². The molecule has 2 rings (SSSR count). The molecule has 1 aromatic rings. The summed E-state index contributed by atoms with van der Waals surface area (Å²) in [5.41, 5.74) is 8.68. The Bertz CT molecular complexity index is 549. The number of halogens is 1. The fraction of sp³-hybridized carbons (Fsp3) is 0.538. The molecule has 0 fully saturated rings. The first-order chi connectivity index (χ1) is 9.02. The fourth-order valence-electron chi connectivity index (χ4n) is 2.43. The standard InChI is InChI=1S/C13H20N2O3S.ClH/c1-18-7-8-19(16,17)15-13-4-2-3-10-9-11(14)5-6-12(10)13;/h5-6,9,13,15H,2-4,7-8,14H2,1H3;1H. The average Bonchev–Trinajstić information content (AvgIpc) is 2.36. The van der Waals surface area contributed by atoms with Crippen molar-refractivity contribution in [2.45, 2.75) is 25.3 Å². The van der Waals surface area contributed by atoms with Gasteiger partial charge in [0.15, 0.2) is 0 Å². The van der Waals surface area contributed by atoms with Crippen LogP contribution < -0.4 is 10.5 Å². The van der Waals surface area contributed by atoms with Gasteiger partial charge in [-0.3, -0.25) is 0 Å². The first-order valence-corrected chi connectivity index (χ1v) is 8.04. The number of anilines is 1. The molecule has 0 radical (unpaired) electrons. The molecule has 1 unspecified atom stereocenters. The van der Waals surface area contributed by atoms with E-state index in [4.69, 9.17) is 10.5 Å². The summed E-state index contributed by atoms with van der Waals surface area (Å²) in [7, 11) is -1.81. The number of nitrogen functional groups attached to an aromatic ring is 1. The van der Waals surface area contributed by atoms with E-state index in [1.54, 1.807) is 0 Å². The number of sulfonamides is 1. The normalized spacial score (nSPS) is 18.1. The minimum atomic E-state index is -3.30. The van der Waals surface area contributed by atoms with Gasteiger partial charge in [0.05, 0.1) is 12.4 Å². The molecule has 1 aliphatic carbocycles. The van der Waals surface area contributed by atoms with E-state index in [1.807, 2.05) is 18.2 Å². The molecular formula is C13H21ClN2O3S. The maximum absolute atomic E-state index is 11.9. The van der Waals surface area contributed by atoms with Crippen LogP contribution >= 0.6 is 12.4 Å². The number of benzene rings is 1. The Hall–Kier alpha value is -0.820. The van der Waals surface area contributed by atoms with Gasteiger partial charge in [-0.15, -0.1) is 12.4 Å². The van der Waals surface area contributed by atoms with Gasteiger partial charge in [-0.05, 0) is 42.5 Å². The highest BCUT2D eigenvalue weighted by molar-refractivity contribution is 7.89. The second-order valence-electron chi connectivity index (χ2n) is 4.83. The zero-order valence-electron chi connectivity index (χ0n) is 11.5. The van der Waals surface area contributed by atoms with Gasteiger partial charge in [0.25, 0.3) is 0 Å². The van der Waals surface area contributed by atoms with Gasteiger partial charge < -0.3 is 10.5 Å². The van der Waals surface area contributed by atoms with Gasteiger partial charge in [-0.1, -0.05) is 6.07 Å². The van der Waals surface area contributed by atoms with E-state index in [0.717, 1.165) is 36.1 Å². The molecule has 0 spiro atoms. The molecule has 3 N–H and O–H groups in total. The minimum absolute atomic E-state index is 0. The zero-order valence-corrected chi connectivity index (χ0v) is 13.1. The Morgan fingerprint density at radius 1 is 1.45 bits per heavy atom. The van der Waals surface area contributed by atoms with Crippen molar-refractivity contribution in [3.8, 4) is 0 Å². The third kappa shape index (κ3) is 4.34. The van der Waals surface area contributed by atoms with Crippen LogP contribution in [0.25, 0.3) is 0 Å². The Morgan fingerprint density at radius 2 is 2.20 bits per heavy atom. The van der Waals surface area contributed by atoms with Crippen LogP contribution in [0.4, 0.5) is 5.69 Å². The maximum atomic E-state index is 11.9. The SMILES string of the molecule is COCCS(=O)(=O)NC1CCCc2cc(N)ccc21.Cl.